The van der Waals surface area contributed by atoms with Gasteiger partial charge in [0.1, 0.15) is 6.61 Å². The van der Waals surface area contributed by atoms with Gasteiger partial charge >= 0.3 is 0 Å². The third-order valence-corrected chi connectivity index (χ3v) is 6.38. The third-order valence-electron chi connectivity index (χ3n) is 5.70. The SMILES string of the molecule is CCOc1cc(C=Nn2c(-c3ccccc3)nc3ccccc3c2=O)c(Br)cc1OCc1ccccc1. The van der Waals surface area contributed by atoms with Gasteiger partial charge in [-0.3, -0.25) is 4.79 Å². The molecule has 1 aromatic heterocycles. The van der Waals surface area contributed by atoms with Crippen molar-refractivity contribution in [1.29, 1.82) is 0 Å². The first kappa shape index (κ1) is 24.5. The summed E-state index contributed by atoms with van der Waals surface area (Å²) in [6, 6.07) is 30.5. The van der Waals surface area contributed by atoms with Crippen molar-refractivity contribution in [3.8, 4) is 22.9 Å². The van der Waals surface area contributed by atoms with E-state index in [2.05, 4.69) is 21.0 Å². The molecule has 7 heteroatoms. The Morgan fingerprint density at radius 3 is 2.32 bits per heavy atom. The molecule has 0 saturated carbocycles. The van der Waals surface area contributed by atoms with Crippen molar-refractivity contribution in [3.63, 3.8) is 0 Å². The molecule has 0 aliphatic heterocycles. The van der Waals surface area contributed by atoms with Gasteiger partial charge in [-0.1, -0.05) is 72.8 Å². The topological polar surface area (TPSA) is 65.7 Å². The molecule has 0 aliphatic carbocycles. The minimum atomic E-state index is -0.246. The van der Waals surface area contributed by atoms with Gasteiger partial charge in [0, 0.05) is 15.6 Å². The average Bonchev–Trinajstić information content (AvgIpc) is 2.94. The van der Waals surface area contributed by atoms with Gasteiger partial charge in [0.25, 0.3) is 5.56 Å². The molecule has 0 bridgehead atoms. The van der Waals surface area contributed by atoms with Crippen LogP contribution in [0.25, 0.3) is 22.3 Å². The van der Waals surface area contributed by atoms with E-state index in [4.69, 9.17) is 14.5 Å². The normalized spacial score (nSPS) is 11.2. The number of ether oxygens (including phenoxy) is 2. The molecule has 0 amide bonds. The van der Waals surface area contributed by atoms with Crippen molar-refractivity contribution in [2.24, 2.45) is 5.10 Å². The van der Waals surface area contributed by atoms with E-state index in [1.54, 1.807) is 12.3 Å². The lowest BCUT2D eigenvalue weighted by molar-refractivity contribution is 0.269. The second-order valence-corrected chi connectivity index (χ2v) is 9.06. The van der Waals surface area contributed by atoms with Gasteiger partial charge < -0.3 is 9.47 Å². The molecule has 0 unspecified atom stereocenters. The van der Waals surface area contributed by atoms with E-state index in [1.165, 1.54) is 4.68 Å². The monoisotopic (exact) mass is 553 g/mol. The second-order valence-electron chi connectivity index (χ2n) is 8.21. The van der Waals surface area contributed by atoms with Crippen molar-refractivity contribution in [2.45, 2.75) is 13.5 Å². The molecule has 4 aromatic carbocycles. The van der Waals surface area contributed by atoms with Crippen molar-refractivity contribution in [3.05, 3.63) is 123 Å². The largest absolute Gasteiger partial charge is 0.490 e. The van der Waals surface area contributed by atoms with E-state index in [9.17, 15) is 4.79 Å². The molecule has 6 nitrogen and oxygen atoms in total. The highest BCUT2D eigenvalue weighted by atomic mass is 79.9. The summed E-state index contributed by atoms with van der Waals surface area (Å²) in [7, 11) is 0. The highest BCUT2D eigenvalue weighted by Crippen LogP contribution is 2.34. The summed E-state index contributed by atoms with van der Waals surface area (Å²) < 4.78 is 14.0. The second kappa shape index (κ2) is 11.2. The molecule has 0 fully saturated rings. The number of benzene rings is 4. The minimum Gasteiger partial charge on any atom is -0.490 e. The zero-order chi connectivity index (χ0) is 25.6. The van der Waals surface area contributed by atoms with Crippen molar-refractivity contribution >= 4 is 33.0 Å². The van der Waals surface area contributed by atoms with Crippen LogP contribution in [-0.4, -0.2) is 22.5 Å². The lowest BCUT2D eigenvalue weighted by atomic mass is 10.2. The van der Waals surface area contributed by atoms with Crippen LogP contribution in [0, 0.1) is 0 Å². The number of fused-ring (bicyclic) bond motifs is 1. The number of rotatable bonds is 8. The van der Waals surface area contributed by atoms with E-state index in [0.29, 0.717) is 41.4 Å². The highest BCUT2D eigenvalue weighted by molar-refractivity contribution is 9.10. The Morgan fingerprint density at radius 2 is 1.57 bits per heavy atom. The molecule has 0 saturated heterocycles. The van der Waals surface area contributed by atoms with Gasteiger partial charge in [-0.2, -0.15) is 9.78 Å². The molecule has 184 valence electrons. The summed E-state index contributed by atoms with van der Waals surface area (Å²) in [5, 5.41) is 5.08. The molecule has 0 atom stereocenters. The summed E-state index contributed by atoms with van der Waals surface area (Å²) in [5.41, 5.74) is 2.96. The third kappa shape index (κ3) is 5.47. The highest BCUT2D eigenvalue weighted by Gasteiger charge is 2.14. The van der Waals surface area contributed by atoms with Crippen LogP contribution >= 0.6 is 15.9 Å². The summed E-state index contributed by atoms with van der Waals surface area (Å²) in [5.74, 6) is 1.67. The van der Waals surface area contributed by atoms with Crippen LogP contribution in [0.15, 0.2) is 111 Å². The Hall–Kier alpha value is -4.23. The Balaban J connectivity index is 1.54. The Labute approximate surface area is 223 Å². The van der Waals surface area contributed by atoms with Crippen LogP contribution in [-0.2, 0) is 6.61 Å². The van der Waals surface area contributed by atoms with E-state index < -0.39 is 0 Å². The van der Waals surface area contributed by atoms with Crippen molar-refractivity contribution < 1.29 is 9.47 Å². The quantitative estimate of drug-likeness (QED) is 0.201. The first-order chi connectivity index (χ1) is 18.1. The van der Waals surface area contributed by atoms with Crippen LogP contribution in [0.4, 0.5) is 0 Å². The number of hydrogen-bond acceptors (Lipinski definition) is 5. The Morgan fingerprint density at radius 1 is 0.892 bits per heavy atom. The van der Waals surface area contributed by atoms with Gasteiger partial charge in [0.15, 0.2) is 17.3 Å². The lowest BCUT2D eigenvalue weighted by Crippen LogP contribution is -2.20. The Bertz CT molecular complexity index is 1620. The summed E-state index contributed by atoms with van der Waals surface area (Å²) in [4.78, 5) is 18.2. The Kier molecular flexibility index (Phi) is 7.42. The predicted molar refractivity (Wildman–Crippen MR) is 151 cm³/mol. The number of nitrogens with zero attached hydrogens (tertiary/aromatic N) is 3. The standard InChI is InChI=1S/C30H24BrN3O3/c1-2-36-27-17-23(25(31)18-28(27)37-20-21-11-5-3-6-12-21)19-32-34-29(22-13-7-4-8-14-22)33-26-16-10-9-15-24(26)30(34)35/h3-19H,2,20H2,1H3. The van der Waals surface area contributed by atoms with Crippen LogP contribution in [0.5, 0.6) is 11.5 Å². The van der Waals surface area contributed by atoms with Gasteiger partial charge in [0.2, 0.25) is 0 Å². The molecule has 37 heavy (non-hydrogen) atoms. The predicted octanol–water partition coefficient (Wildman–Crippen LogP) is 6.69. The maximum Gasteiger partial charge on any atom is 0.282 e. The first-order valence-corrected chi connectivity index (χ1v) is 12.7. The van der Waals surface area contributed by atoms with E-state index >= 15 is 0 Å². The van der Waals surface area contributed by atoms with Crippen LogP contribution in [0.2, 0.25) is 0 Å². The summed E-state index contributed by atoms with van der Waals surface area (Å²) >= 11 is 3.62. The van der Waals surface area contributed by atoms with Crippen molar-refractivity contribution in [2.75, 3.05) is 6.61 Å². The number of para-hydroxylation sites is 1. The fraction of sp³-hybridized carbons (Fsp3) is 0.100. The van der Waals surface area contributed by atoms with Gasteiger partial charge in [-0.15, -0.1) is 0 Å². The number of aromatic nitrogens is 2. The molecule has 0 aliphatic rings. The average molecular weight is 554 g/mol. The smallest absolute Gasteiger partial charge is 0.282 e. The van der Waals surface area contributed by atoms with E-state index in [0.717, 1.165) is 21.2 Å². The summed E-state index contributed by atoms with van der Waals surface area (Å²) in [6.45, 7) is 2.81. The fourth-order valence-corrected chi connectivity index (χ4v) is 4.32. The molecule has 5 rings (SSSR count). The maximum atomic E-state index is 13.4. The van der Waals surface area contributed by atoms with Gasteiger partial charge in [-0.25, -0.2) is 4.98 Å². The molecular weight excluding hydrogens is 530 g/mol. The van der Waals surface area contributed by atoms with Crippen molar-refractivity contribution in [1.82, 2.24) is 9.66 Å². The van der Waals surface area contributed by atoms with Crippen LogP contribution in [0.3, 0.4) is 0 Å². The van der Waals surface area contributed by atoms with Gasteiger partial charge in [-0.05, 0) is 52.7 Å². The lowest BCUT2D eigenvalue weighted by Gasteiger charge is -2.14. The number of hydrogen-bond donors (Lipinski definition) is 0. The first-order valence-electron chi connectivity index (χ1n) is 11.9. The zero-order valence-electron chi connectivity index (χ0n) is 20.2. The molecule has 0 N–H and O–H groups in total. The fourth-order valence-electron chi connectivity index (χ4n) is 3.89. The molecule has 0 radical (unpaired) electrons. The van der Waals surface area contributed by atoms with E-state index in [1.807, 2.05) is 97.9 Å². The molecule has 5 aromatic rings. The maximum absolute atomic E-state index is 13.4. The minimum absolute atomic E-state index is 0.246. The van der Waals surface area contributed by atoms with Gasteiger partial charge in [0.05, 0.1) is 23.7 Å². The molecular formula is C30H24BrN3O3. The number of halogens is 1. The molecule has 0 spiro atoms. The van der Waals surface area contributed by atoms with E-state index in [-0.39, 0.29) is 5.56 Å². The molecule has 1 heterocycles. The summed E-state index contributed by atoms with van der Waals surface area (Å²) in [6.07, 6.45) is 1.62. The van der Waals surface area contributed by atoms with Crippen LogP contribution in [0.1, 0.15) is 18.1 Å². The van der Waals surface area contributed by atoms with Crippen LogP contribution < -0.4 is 15.0 Å². The zero-order valence-corrected chi connectivity index (χ0v) is 21.8.